The van der Waals surface area contributed by atoms with Gasteiger partial charge in [-0.15, -0.1) is 0 Å². The van der Waals surface area contributed by atoms with E-state index < -0.39 is 73.6 Å². The van der Waals surface area contributed by atoms with Crippen molar-refractivity contribution in [3.05, 3.63) is 0 Å². The second-order valence-corrected chi connectivity index (χ2v) is 8.34. The first-order chi connectivity index (χ1) is 16.3. The maximum Gasteiger partial charge on any atom is 0.309 e. The van der Waals surface area contributed by atoms with Crippen LogP contribution in [-0.2, 0) is 47.7 Å². The molecule has 0 rings (SSSR count). The summed E-state index contributed by atoms with van der Waals surface area (Å²) in [6.45, 7) is 6.81. The summed E-state index contributed by atoms with van der Waals surface area (Å²) in [6, 6.07) is 0. The molecule has 5 atom stereocenters. The van der Waals surface area contributed by atoms with Crippen molar-refractivity contribution >= 4 is 29.8 Å². The van der Waals surface area contributed by atoms with Gasteiger partial charge in [-0.2, -0.15) is 0 Å². The van der Waals surface area contributed by atoms with E-state index in [0.717, 1.165) is 0 Å². The van der Waals surface area contributed by atoms with Gasteiger partial charge in [-0.3, -0.25) is 24.0 Å². The molecule has 0 fully saturated rings. The molecule has 0 aromatic rings. The lowest BCUT2D eigenvalue weighted by molar-refractivity contribution is -0.169. The van der Waals surface area contributed by atoms with Gasteiger partial charge in [0.15, 0.2) is 6.10 Å². The van der Waals surface area contributed by atoms with Crippen molar-refractivity contribution in [2.75, 3.05) is 13.2 Å². The molecular weight excluding hydrogens is 468 g/mol. The predicted molar refractivity (Wildman–Crippen MR) is 120 cm³/mol. The number of carbonyl (C=O) groups excluding carboxylic acids is 5. The Morgan fingerprint density at radius 3 is 1.34 bits per heavy atom. The van der Waals surface area contributed by atoms with Crippen LogP contribution in [0.2, 0.25) is 0 Å². The highest BCUT2D eigenvalue weighted by molar-refractivity contribution is 5.73. The van der Waals surface area contributed by atoms with Crippen molar-refractivity contribution in [1.29, 1.82) is 0 Å². The summed E-state index contributed by atoms with van der Waals surface area (Å²) in [5.74, 6) is -3.35. The third-order valence-electron chi connectivity index (χ3n) is 4.11. The van der Waals surface area contributed by atoms with Crippen molar-refractivity contribution in [3.8, 4) is 0 Å². The molecule has 0 saturated carbocycles. The van der Waals surface area contributed by atoms with Crippen LogP contribution in [0, 0.1) is 0 Å². The Bertz CT molecular complexity index is 640. The topological polar surface area (TPSA) is 172 Å². The monoisotopic (exact) mass is 506 g/mol. The number of esters is 5. The van der Waals surface area contributed by atoms with Gasteiger partial charge in [-0.25, -0.2) is 0 Å². The average Bonchev–Trinajstić information content (AvgIpc) is 2.68. The van der Waals surface area contributed by atoms with Crippen molar-refractivity contribution in [2.45, 2.75) is 104 Å². The quantitative estimate of drug-likeness (QED) is 0.212. The molecule has 0 heterocycles. The lowest BCUT2D eigenvalue weighted by Crippen LogP contribution is -2.32. The first-order valence-corrected chi connectivity index (χ1v) is 11.6. The van der Waals surface area contributed by atoms with Gasteiger partial charge in [0.2, 0.25) is 0 Å². The minimum atomic E-state index is -1.07. The van der Waals surface area contributed by atoms with Gasteiger partial charge in [0, 0.05) is 6.42 Å². The number of aliphatic hydroxyl groups is 2. The van der Waals surface area contributed by atoms with Crippen LogP contribution < -0.4 is 0 Å². The van der Waals surface area contributed by atoms with Crippen LogP contribution in [0.4, 0.5) is 0 Å². The van der Waals surface area contributed by atoms with Gasteiger partial charge in [-0.1, -0.05) is 6.92 Å². The van der Waals surface area contributed by atoms with Crippen molar-refractivity contribution in [2.24, 2.45) is 0 Å². The molecule has 0 aromatic heterocycles. The predicted octanol–water partition coefficient (Wildman–Crippen LogP) is 0.970. The highest BCUT2D eigenvalue weighted by Crippen LogP contribution is 2.08. The molecule has 0 aliphatic heterocycles. The largest absolute Gasteiger partial charge is 0.462 e. The second kappa shape index (κ2) is 17.7. The molecule has 0 aliphatic rings. The zero-order valence-electron chi connectivity index (χ0n) is 21.0. The zero-order valence-corrected chi connectivity index (χ0v) is 21.0. The maximum absolute atomic E-state index is 12.1. The lowest BCUT2D eigenvalue weighted by atomic mass is 10.2. The van der Waals surface area contributed by atoms with Gasteiger partial charge in [-0.05, 0) is 34.1 Å². The number of hydrogen-bond donors (Lipinski definition) is 2. The number of ether oxygens (including phenoxy) is 5. The fraction of sp³-hybridized carbons (Fsp3) is 0.783. The van der Waals surface area contributed by atoms with E-state index in [1.54, 1.807) is 6.92 Å². The van der Waals surface area contributed by atoms with Crippen molar-refractivity contribution in [3.63, 3.8) is 0 Å². The summed E-state index contributed by atoms with van der Waals surface area (Å²) in [4.78, 5) is 59.1. The SMILES string of the molecule is CCCC(=O)OC(COC(=O)C[C@@H](C)OC(=O)CC(C)O)COC(=O)C[C@H](C)OC(=O)C[C@@H](C)O. The highest BCUT2D eigenvalue weighted by Gasteiger charge is 2.22. The number of carbonyl (C=O) groups is 5. The van der Waals surface area contributed by atoms with Crippen LogP contribution >= 0.6 is 0 Å². The lowest BCUT2D eigenvalue weighted by Gasteiger charge is -2.19. The molecule has 0 radical (unpaired) electrons. The molecule has 35 heavy (non-hydrogen) atoms. The summed E-state index contributed by atoms with van der Waals surface area (Å²) in [7, 11) is 0. The van der Waals surface area contributed by atoms with E-state index in [1.807, 2.05) is 0 Å². The Morgan fingerprint density at radius 1 is 0.600 bits per heavy atom. The van der Waals surface area contributed by atoms with E-state index in [-0.39, 0.29) is 32.1 Å². The summed E-state index contributed by atoms with van der Waals surface area (Å²) < 4.78 is 25.3. The average molecular weight is 507 g/mol. The molecule has 0 bridgehead atoms. The number of hydrogen-bond acceptors (Lipinski definition) is 12. The Kier molecular flexibility index (Phi) is 16.3. The van der Waals surface area contributed by atoms with Crippen LogP contribution in [0.15, 0.2) is 0 Å². The fourth-order valence-corrected chi connectivity index (χ4v) is 2.63. The first-order valence-electron chi connectivity index (χ1n) is 11.6. The van der Waals surface area contributed by atoms with E-state index in [4.69, 9.17) is 23.7 Å². The minimum Gasteiger partial charge on any atom is -0.462 e. The smallest absolute Gasteiger partial charge is 0.309 e. The van der Waals surface area contributed by atoms with Gasteiger partial charge in [0.25, 0.3) is 0 Å². The highest BCUT2D eigenvalue weighted by atomic mass is 16.6. The minimum absolute atomic E-state index is 0.116. The molecule has 12 heteroatoms. The first kappa shape index (κ1) is 32.3. The second-order valence-electron chi connectivity index (χ2n) is 8.34. The molecule has 0 aliphatic carbocycles. The Hall–Kier alpha value is -2.73. The Morgan fingerprint density at radius 2 is 1.00 bits per heavy atom. The van der Waals surface area contributed by atoms with Crippen molar-refractivity contribution in [1.82, 2.24) is 0 Å². The fourth-order valence-electron chi connectivity index (χ4n) is 2.63. The Labute approximate surface area is 205 Å². The van der Waals surface area contributed by atoms with E-state index in [0.29, 0.717) is 6.42 Å². The molecule has 0 aromatic carbocycles. The van der Waals surface area contributed by atoms with Gasteiger partial charge in [0.05, 0.1) is 37.9 Å². The third-order valence-corrected chi connectivity index (χ3v) is 4.11. The van der Waals surface area contributed by atoms with Crippen LogP contribution in [0.5, 0.6) is 0 Å². The van der Waals surface area contributed by atoms with Crippen LogP contribution in [0.1, 0.15) is 73.1 Å². The van der Waals surface area contributed by atoms with Crippen LogP contribution in [-0.4, -0.2) is 83.8 Å². The molecular formula is C23H38O12. The molecule has 2 N–H and O–H groups in total. The van der Waals surface area contributed by atoms with E-state index in [2.05, 4.69) is 0 Å². The normalized spacial score (nSPS) is 15.1. The zero-order chi connectivity index (χ0) is 27.0. The summed E-state index contributed by atoms with van der Waals surface area (Å²) in [6.07, 6.45) is -4.73. The third kappa shape index (κ3) is 18.3. The summed E-state index contributed by atoms with van der Waals surface area (Å²) in [5, 5.41) is 18.4. The maximum atomic E-state index is 12.1. The van der Waals surface area contributed by atoms with Crippen molar-refractivity contribution < 1.29 is 57.9 Å². The molecule has 12 nitrogen and oxygen atoms in total. The van der Waals surface area contributed by atoms with E-state index in [1.165, 1.54) is 27.7 Å². The van der Waals surface area contributed by atoms with Crippen LogP contribution in [0.3, 0.4) is 0 Å². The van der Waals surface area contributed by atoms with Crippen LogP contribution in [0.25, 0.3) is 0 Å². The van der Waals surface area contributed by atoms with Gasteiger partial charge in [0.1, 0.15) is 25.4 Å². The summed E-state index contributed by atoms with van der Waals surface area (Å²) >= 11 is 0. The van der Waals surface area contributed by atoms with E-state index in [9.17, 15) is 34.2 Å². The number of aliphatic hydroxyl groups excluding tert-OH is 2. The molecule has 0 spiro atoms. The molecule has 2 unspecified atom stereocenters. The van der Waals surface area contributed by atoms with Gasteiger partial charge >= 0.3 is 29.8 Å². The standard InChI is InChI=1S/C23H38O12/c1-6-7-19(26)35-18(12-31-20(27)10-16(4)33-22(29)8-14(2)24)13-32-21(28)11-17(5)34-23(30)9-15(3)25/h14-18,24-25H,6-13H2,1-5H3/t14-,15?,16+,17-,18?/m1/s1. The van der Waals surface area contributed by atoms with Gasteiger partial charge < -0.3 is 33.9 Å². The summed E-state index contributed by atoms with van der Waals surface area (Å²) in [5.41, 5.74) is 0. The molecule has 0 saturated heterocycles. The molecule has 202 valence electrons. The van der Waals surface area contributed by atoms with E-state index >= 15 is 0 Å². The Balaban J connectivity index is 4.67. The number of rotatable bonds is 17. The molecule has 0 amide bonds.